The van der Waals surface area contributed by atoms with Gasteiger partial charge in [0.15, 0.2) is 0 Å². The molecule has 0 aliphatic rings. The third-order valence-electron chi connectivity index (χ3n) is 5.35. The molecule has 156 valence electrons. The molecule has 2 heterocycles. The Hall–Kier alpha value is -3.39. The molecule has 0 aliphatic carbocycles. The van der Waals surface area contributed by atoms with E-state index in [2.05, 4.69) is 14.9 Å². The van der Waals surface area contributed by atoms with Gasteiger partial charge in [0, 0.05) is 39.9 Å². The van der Waals surface area contributed by atoms with Crippen molar-refractivity contribution in [3.63, 3.8) is 0 Å². The highest BCUT2D eigenvalue weighted by atomic mass is 16.5. The van der Waals surface area contributed by atoms with Gasteiger partial charge in [0.1, 0.15) is 12.4 Å². The van der Waals surface area contributed by atoms with Gasteiger partial charge in [-0.25, -0.2) is 9.78 Å². The quantitative estimate of drug-likeness (QED) is 0.511. The predicted octanol–water partition coefficient (Wildman–Crippen LogP) is 2.79. The van der Waals surface area contributed by atoms with Crippen molar-refractivity contribution in [1.82, 2.24) is 18.7 Å². The molecule has 8 heteroatoms. The van der Waals surface area contributed by atoms with E-state index < -0.39 is 0 Å². The fraction of sp³-hybridized carbons (Fsp3) is 0.318. The number of fused-ring (bicyclic) bond motifs is 2. The van der Waals surface area contributed by atoms with Gasteiger partial charge in [-0.15, -0.1) is 0 Å². The highest BCUT2D eigenvalue weighted by molar-refractivity contribution is 5.93. The number of aryl methyl sites for hydroxylation is 3. The molecule has 1 amide bonds. The Bertz CT molecular complexity index is 1280. The second-order valence-electron chi connectivity index (χ2n) is 7.36. The second-order valence-corrected chi connectivity index (χ2v) is 7.36. The van der Waals surface area contributed by atoms with Crippen molar-refractivity contribution in [3.8, 4) is 0 Å². The van der Waals surface area contributed by atoms with Crippen molar-refractivity contribution in [2.75, 3.05) is 12.4 Å². The molecule has 0 radical (unpaired) electrons. The van der Waals surface area contributed by atoms with Gasteiger partial charge in [0.2, 0.25) is 5.91 Å². The van der Waals surface area contributed by atoms with Gasteiger partial charge in [-0.1, -0.05) is 12.1 Å². The fourth-order valence-electron chi connectivity index (χ4n) is 3.82. The largest absolute Gasteiger partial charge is 0.377 e. The number of carbonyl (C=O) groups excluding carboxylic acids is 1. The van der Waals surface area contributed by atoms with Gasteiger partial charge in [0.25, 0.3) is 0 Å². The first-order valence-corrected chi connectivity index (χ1v) is 9.88. The summed E-state index contributed by atoms with van der Waals surface area (Å²) < 4.78 is 10.5. The lowest BCUT2D eigenvalue weighted by Gasteiger charge is -2.09. The Kier molecular flexibility index (Phi) is 5.41. The number of aromatic nitrogens is 4. The molecule has 4 rings (SSSR count). The van der Waals surface area contributed by atoms with Crippen molar-refractivity contribution in [3.05, 3.63) is 58.8 Å². The van der Waals surface area contributed by atoms with Crippen molar-refractivity contribution >= 4 is 33.7 Å². The number of ether oxygens (including phenoxy) is 1. The summed E-state index contributed by atoms with van der Waals surface area (Å²) >= 11 is 0. The first kappa shape index (κ1) is 19.9. The normalized spacial score (nSPS) is 11.4. The number of para-hydroxylation sites is 2. The van der Waals surface area contributed by atoms with Gasteiger partial charge < -0.3 is 14.6 Å². The Balaban J connectivity index is 1.43. The number of hydrogen-bond donors (Lipinski definition) is 1. The van der Waals surface area contributed by atoms with Crippen LogP contribution in [0.5, 0.6) is 0 Å². The first-order valence-electron chi connectivity index (χ1n) is 9.88. The van der Waals surface area contributed by atoms with Crippen LogP contribution in [0.4, 0.5) is 5.69 Å². The lowest BCUT2D eigenvalue weighted by molar-refractivity contribution is -0.116. The third kappa shape index (κ3) is 3.61. The molecule has 0 saturated carbocycles. The average Bonchev–Trinajstić information content (AvgIpc) is 3.19. The van der Waals surface area contributed by atoms with Gasteiger partial charge in [-0.05, 0) is 36.8 Å². The topological polar surface area (TPSA) is 83.1 Å². The monoisotopic (exact) mass is 407 g/mol. The van der Waals surface area contributed by atoms with E-state index in [0.717, 1.165) is 27.9 Å². The summed E-state index contributed by atoms with van der Waals surface area (Å²) in [5.74, 6) is 0.794. The Morgan fingerprint density at radius 3 is 2.63 bits per heavy atom. The summed E-state index contributed by atoms with van der Waals surface area (Å²) in [7, 11) is 5.11. The number of benzene rings is 2. The average molecular weight is 407 g/mol. The summed E-state index contributed by atoms with van der Waals surface area (Å²) in [5.41, 5.74) is 4.18. The number of nitrogens with zero attached hydrogens (tertiary/aromatic N) is 4. The summed E-state index contributed by atoms with van der Waals surface area (Å²) in [6, 6.07) is 13.4. The predicted molar refractivity (Wildman–Crippen MR) is 116 cm³/mol. The van der Waals surface area contributed by atoms with Crippen LogP contribution in [0.1, 0.15) is 18.7 Å². The number of imidazole rings is 2. The molecule has 0 spiro atoms. The molecule has 2 aromatic heterocycles. The van der Waals surface area contributed by atoms with Crippen LogP contribution in [0.2, 0.25) is 0 Å². The maximum atomic E-state index is 12.5. The van der Waals surface area contributed by atoms with Crippen molar-refractivity contribution in [2.45, 2.75) is 26.0 Å². The lowest BCUT2D eigenvalue weighted by atomic mass is 10.2. The first-order chi connectivity index (χ1) is 14.5. The van der Waals surface area contributed by atoms with E-state index in [1.54, 1.807) is 30.3 Å². The zero-order valence-electron chi connectivity index (χ0n) is 17.4. The SMILES string of the molecule is COCc1nc2ccccc2n1CCCC(=O)Nc1ccc2c(c1)n(C)c(=O)n2C. The molecular weight excluding hydrogens is 382 g/mol. The number of amides is 1. The fourth-order valence-corrected chi connectivity index (χ4v) is 3.82. The van der Waals surface area contributed by atoms with Crippen LogP contribution < -0.4 is 11.0 Å². The van der Waals surface area contributed by atoms with Crippen LogP contribution in [-0.4, -0.2) is 31.7 Å². The van der Waals surface area contributed by atoms with Crippen LogP contribution in [-0.2, 0) is 36.8 Å². The number of rotatable bonds is 7. The third-order valence-corrected chi connectivity index (χ3v) is 5.35. The van der Waals surface area contributed by atoms with Crippen molar-refractivity contribution < 1.29 is 9.53 Å². The van der Waals surface area contributed by atoms with Crippen LogP contribution in [0, 0.1) is 0 Å². The molecule has 0 unspecified atom stereocenters. The second kappa shape index (κ2) is 8.16. The van der Waals surface area contributed by atoms with Crippen LogP contribution in [0.15, 0.2) is 47.3 Å². The van der Waals surface area contributed by atoms with Gasteiger partial charge in [-0.2, -0.15) is 0 Å². The summed E-state index contributed by atoms with van der Waals surface area (Å²) in [6.45, 7) is 1.11. The van der Waals surface area contributed by atoms with Crippen LogP contribution >= 0.6 is 0 Å². The minimum absolute atomic E-state index is 0.0620. The Morgan fingerprint density at radius 2 is 1.83 bits per heavy atom. The van der Waals surface area contributed by atoms with Crippen LogP contribution in [0.3, 0.4) is 0 Å². The molecule has 0 aliphatic heterocycles. The summed E-state index contributed by atoms with van der Waals surface area (Å²) in [6.07, 6.45) is 1.06. The van der Waals surface area contributed by atoms with E-state index in [0.29, 0.717) is 31.7 Å². The molecule has 2 aromatic carbocycles. The van der Waals surface area contributed by atoms with E-state index in [1.807, 2.05) is 42.5 Å². The lowest BCUT2D eigenvalue weighted by Crippen LogP contribution is -2.19. The van der Waals surface area contributed by atoms with E-state index >= 15 is 0 Å². The summed E-state index contributed by atoms with van der Waals surface area (Å²) in [4.78, 5) is 29.2. The summed E-state index contributed by atoms with van der Waals surface area (Å²) in [5, 5.41) is 2.93. The highest BCUT2D eigenvalue weighted by Gasteiger charge is 2.12. The van der Waals surface area contributed by atoms with E-state index in [9.17, 15) is 9.59 Å². The minimum Gasteiger partial charge on any atom is -0.377 e. The minimum atomic E-state index is -0.0899. The maximum absolute atomic E-state index is 12.5. The number of hydrogen-bond acceptors (Lipinski definition) is 4. The number of carbonyl (C=O) groups is 1. The molecule has 0 saturated heterocycles. The molecule has 8 nitrogen and oxygen atoms in total. The Labute approximate surface area is 173 Å². The number of methoxy groups -OCH3 is 1. The standard InChI is InChI=1S/C22H25N5O3/c1-25-18-11-10-15(13-19(18)26(2)22(25)29)23-21(28)9-6-12-27-17-8-5-4-7-16(17)24-20(27)14-30-3/h4-5,7-8,10-11,13H,6,9,12,14H2,1-3H3,(H,23,28). The molecule has 0 atom stereocenters. The van der Waals surface area contributed by atoms with Crippen LogP contribution in [0.25, 0.3) is 22.1 Å². The maximum Gasteiger partial charge on any atom is 0.328 e. The molecule has 1 N–H and O–H groups in total. The highest BCUT2D eigenvalue weighted by Crippen LogP contribution is 2.19. The number of nitrogens with one attached hydrogen (secondary N) is 1. The smallest absolute Gasteiger partial charge is 0.328 e. The van der Waals surface area contributed by atoms with Gasteiger partial charge in [-0.3, -0.25) is 13.9 Å². The van der Waals surface area contributed by atoms with Gasteiger partial charge in [0.05, 0.1) is 22.1 Å². The van der Waals surface area contributed by atoms with Crippen molar-refractivity contribution in [2.24, 2.45) is 14.1 Å². The Morgan fingerprint density at radius 1 is 1.07 bits per heavy atom. The van der Waals surface area contributed by atoms with E-state index in [4.69, 9.17) is 4.74 Å². The zero-order valence-corrected chi connectivity index (χ0v) is 17.4. The molecule has 30 heavy (non-hydrogen) atoms. The van der Waals surface area contributed by atoms with E-state index in [1.165, 1.54) is 0 Å². The molecule has 0 bridgehead atoms. The molecule has 4 aromatic rings. The van der Waals surface area contributed by atoms with E-state index in [-0.39, 0.29) is 11.6 Å². The van der Waals surface area contributed by atoms with Crippen molar-refractivity contribution in [1.29, 1.82) is 0 Å². The molecular formula is C22H25N5O3. The number of anilines is 1. The molecule has 0 fully saturated rings. The van der Waals surface area contributed by atoms with Gasteiger partial charge >= 0.3 is 5.69 Å². The zero-order chi connectivity index (χ0) is 21.3.